The maximum Gasteiger partial charge on any atom is 0.254 e. The minimum Gasteiger partial charge on any atom is -0.338 e. The average molecular weight is 265 g/mol. The number of benzene rings is 1. The number of thioether (sulfide) groups is 1. The zero-order chi connectivity index (χ0) is 13.1. The number of nitrogens with two attached hydrogens (primary N) is 1. The molecule has 0 spiro atoms. The van der Waals surface area contributed by atoms with Crippen LogP contribution in [0, 0.1) is 6.92 Å². The lowest BCUT2D eigenvalue weighted by atomic mass is 10.1. The first kappa shape index (κ1) is 13.2. The first-order valence-corrected chi connectivity index (χ1v) is 7.21. The van der Waals surface area contributed by atoms with E-state index in [2.05, 4.69) is 5.43 Å². The van der Waals surface area contributed by atoms with Gasteiger partial charge in [-0.2, -0.15) is 11.8 Å². The number of hydrogen-bond acceptors (Lipinski definition) is 4. The summed E-state index contributed by atoms with van der Waals surface area (Å²) in [5.74, 6) is 7.65. The second kappa shape index (κ2) is 5.63. The number of hydrazine groups is 1. The molecule has 98 valence electrons. The Labute approximate surface area is 112 Å². The number of nitrogen functional groups attached to an aromatic ring is 1. The van der Waals surface area contributed by atoms with Crippen LogP contribution in [0.5, 0.6) is 0 Å². The standard InChI is InChI=1S/C13H19N3OS/c1-9-7-10(15-14)3-4-12(9)13(17)16(2)11-5-6-18-8-11/h3-4,7,11,15H,5-6,8,14H2,1-2H3. The predicted molar refractivity (Wildman–Crippen MR) is 76.8 cm³/mol. The Morgan fingerprint density at radius 3 is 2.89 bits per heavy atom. The topological polar surface area (TPSA) is 58.4 Å². The summed E-state index contributed by atoms with van der Waals surface area (Å²) in [6, 6.07) is 5.93. The van der Waals surface area contributed by atoms with Gasteiger partial charge in [0.2, 0.25) is 0 Å². The van der Waals surface area contributed by atoms with Gasteiger partial charge in [0.25, 0.3) is 5.91 Å². The van der Waals surface area contributed by atoms with Crippen LogP contribution in [0.4, 0.5) is 5.69 Å². The van der Waals surface area contributed by atoms with Gasteiger partial charge in [0.1, 0.15) is 0 Å². The molecule has 0 aromatic heterocycles. The first-order valence-electron chi connectivity index (χ1n) is 6.05. The van der Waals surface area contributed by atoms with Crippen molar-refractivity contribution >= 4 is 23.4 Å². The van der Waals surface area contributed by atoms with Crippen LogP contribution in [0.3, 0.4) is 0 Å². The SMILES string of the molecule is Cc1cc(NN)ccc1C(=O)N(C)C1CCSC1. The van der Waals surface area contributed by atoms with Gasteiger partial charge in [-0.15, -0.1) is 0 Å². The number of hydrogen-bond donors (Lipinski definition) is 2. The maximum absolute atomic E-state index is 12.4. The molecule has 2 rings (SSSR count). The fraction of sp³-hybridized carbons (Fsp3) is 0.462. The molecule has 0 bridgehead atoms. The minimum atomic E-state index is 0.101. The van der Waals surface area contributed by atoms with E-state index in [4.69, 9.17) is 5.84 Å². The molecular formula is C13H19N3OS. The molecule has 1 aromatic rings. The average Bonchev–Trinajstić information content (AvgIpc) is 2.90. The Morgan fingerprint density at radius 2 is 2.33 bits per heavy atom. The van der Waals surface area contributed by atoms with Gasteiger partial charge in [0.15, 0.2) is 0 Å². The third kappa shape index (κ3) is 2.62. The second-order valence-corrected chi connectivity index (χ2v) is 5.76. The summed E-state index contributed by atoms with van der Waals surface area (Å²) >= 11 is 1.91. The Kier molecular flexibility index (Phi) is 4.14. The molecule has 0 saturated carbocycles. The van der Waals surface area contributed by atoms with Crippen molar-refractivity contribution in [2.24, 2.45) is 5.84 Å². The number of amides is 1. The van der Waals surface area contributed by atoms with Crippen LogP contribution < -0.4 is 11.3 Å². The molecule has 1 aliphatic heterocycles. The molecule has 0 radical (unpaired) electrons. The summed E-state index contributed by atoms with van der Waals surface area (Å²) in [6.45, 7) is 1.94. The molecule has 3 N–H and O–H groups in total. The van der Waals surface area contributed by atoms with Crippen LogP contribution in [-0.2, 0) is 0 Å². The lowest BCUT2D eigenvalue weighted by molar-refractivity contribution is 0.0747. The van der Waals surface area contributed by atoms with E-state index >= 15 is 0 Å². The Morgan fingerprint density at radius 1 is 1.56 bits per heavy atom. The fourth-order valence-corrected chi connectivity index (χ4v) is 3.44. The number of nitrogens with one attached hydrogen (secondary N) is 1. The molecule has 18 heavy (non-hydrogen) atoms. The van der Waals surface area contributed by atoms with Crippen LogP contribution in [0.2, 0.25) is 0 Å². The van der Waals surface area contributed by atoms with Crippen LogP contribution in [0.15, 0.2) is 18.2 Å². The van der Waals surface area contributed by atoms with Crippen molar-refractivity contribution in [2.45, 2.75) is 19.4 Å². The number of nitrogens with zero attached hydrogens (tertiary/aromatic N) is 1. The number of anilines is 1. The molecular weight excluding hydrogens is 246 g/mol. The lowest BCUT2D eigenvalue weighted by Crippen LogP contribution is -2.37. The molecule has 1 heterocycles. The van der Waals surface area contributed by atoms with E-state index in [0.717, 1.165) is 34.7 Å². The number of aryl methyl sites for hydroxylation is 1. The highest BCUT2D eigenvalue weighted by Gasteiger charge is 2.25. The molecule has 1 fully saturated rings. The van der Waals surface area contributed by atoms with Gasteiger partial charge in [-0.25, -0.2) is 0 Å². The van der Waals surface area contributed by atoms with Crippen molar-refractivity contribution in [1.82, 2.24) is 4.90 Å². The highest BCUT2D eigenvalue weighted by Crippen LogP contribution is 2.24. The summed E-state index contributed by atoms with van der Waals surface area (Å²) in [4.78, 5) is 14.3. The maximum atomic E-state index is 12.4. The molecule has 1 unspecified atom stereocenters. The molecule has 1 aromatic carbocycles. The smallest absolute Gasteiger partial charge is 0.254 e. The summed E-state index contributed by atoms with van der Waals surface area (Å²) in [7, 11) is 1.90. The first-order chi connectivity index (χ1) is 8.63. The molecule has 1 aliphatic rings. The van der Waals surface area contributed by atoms with Gasteiger partial charge in [0.05, 0.1) is 0 Å². The molecule has 1 saturated heterocycles. The predicted octanol–water partition coefficient (Wildman–Crippen LogP) is 1.86. The number of rotatable bonds is 3. The highest BCUT2D eigenvalue weighted by atomic mass is 32.2. The highest BCUT2D eigenvalue weighted by molar-refractivity contribution is 7.99. The van der Waals surface area contributed by atoms with Gasteiger partial charge in [-0.1, -0.05) is 0 Å². The van der Waals surface area contributed by atoms with Gasteiger partial charge in [-0.05, 0) is 42.9 Å². The zero-order valence-electron chi connectivity index (χ0n) is 10.8. The Bertz CT molecular complexity index is 444. The van der Waals surface area contributed by atoms with E-state index in [9.17, 15) is 4.79 Å². The summed E-state index contributed by atoms with van der Waals surface area (Å²) < 4.78 is 0. The van der Waals surface area contributed by atoms with Crippen molar-refractivity contribution in [3.63, 3.8) is 0 Å². The third-order valence-corrected chi connectivity index (χ3v) is 4.54. The van der Waals surface area contributed by atoms with E-state index in [0.29, 0.717) is 6.04 Å². The van der Waals surface area contributed by atoms with Gasteiger partial charge in [0, 0.05) is 30.1 Å². The molecule has 1 atom stereocenters. The summed E-state index contributed by atoms with van der Waals surface area (Å²) in [6.07, 6.45) is 1.09. The van der Waals surface area contributed by atoms with E-state index in [-0.39, 0.29) is 5.91 Å². The van der Waals surface area contributed by atoms with Crippen LogP contribution in [-0.4, -0.2) is 35.4 Å². The molecule has 5 heteroatoms. The van der Waals surface area contributed by atoms with Crippen molar-refractivity contribution < 1.29 is 4.79 Å². The fourth-order valence-electron chi connectivity index (χ4n) is 2.18. The Balaban J connectivity index is 2.17. The van der Waals surface area contributed by atoms with Crippen molar-refractivity contribution in [1.29, 1.82) is 0 Å². The number of carbonyl (C=O) groups is 1. The molecule has 1 amide bonds. The van der Waals surface area contributed by atoms with Crippen molar-refractivity contribution in [3.8, 4) is 0 Å². The van der Waals surface area contributed by atoms with Crippen LogP contribution >= 0.6 is 11.8 Å². The minimum absolute atomic E-state index is 0.101. The summed E-state index contributed by atoms with van der Waals surface area (Å²) in [5.41, 5.74) is 5.12. The summed E-state index contributed by atoms with van der Waals surface area (Å²) in [5, 5.41) is 0. The molecule has 0 aliphatic carbocycles. The quantitative estimate of drug-likeness (QED) is 0.647. The third-order valence-electron chi connectivity index (χ3n) is 3.40. The monoisotopic (exact) mass is 265 g/mol. The normalized spacial score (nSPS) is 18.7. The van der Waals surface area contributed by atoms with Crippen LogP contribution in [0.25, 0.3) is 0 Å². The van der Waals surface area contributed by atoms with Crippen molar-refractivity contribution in [2.75, 3.05) is 24.0 Å². The van der Waals surface area contributed by atoms with Crippen molar-refractivity contribution in [3.05, 3.63) is 29.3 Å². The lowest BCUT2D eigenvalue weighted by Gasteiger charge is -2.24. The van der Waals surface area contributed by atoms with E-state index in [1.165, 1.54) is 0 Å². The van der Waals surface area contributed by atoms with E-state index < -0.39 is 0 Å². The molecule has 4 nitrogen and oxygen atoms in total. The van der Waals surface area contributed by atoms with E-state index in [1.807, 2.05) is 48.8 Å². The van der Waals surface area contributed by atoms with Gasteiger partial charge < -0.3 is 10.3 Å². The zero-order valence-corrected chi connectivity index (χ0v) is 11.6. The number of carbonyl (C=O) groups excluding carboxylic acids is 1. The second-order valence-electron chi connectivity index (χ2n) is 4.61. The van der Waals surface area contributed by atoms with Gasteiger partial charge in [-0.3, -0.25) is 10.6 Å². The van der Waals surface area contributed by atoms with Gasteiger partial charge >= 0.3 is 0 Å². The van der Waals surface area contributed by atoms with E-state index in [1.54, 1.807) is 0 Å². The Hall–Kier alpha value is -1.20. The van der Waals surface area contributed by atoms with Crippen LogP contribution in [0.1, 0.15) is 22.3 Å². The largest absolute Gasteiger partial charge is 0.338 e.